The van der Waals surface area contributed by atoms with Crippen LogP contribution in [0.25, 0.3) is 22.8 Å². The maximum Gasteiger partial charge on any atom is 0.226 e. The molecule has 0 amide bonds. The highest BCUT2D eigenvalue weighted by molar-refractivity contribution is 5.65. The third-order valence-corrected chi connectivity index (χ3v) is 2.38. The van der Waals surface area contributed by atoms with Crippen molar-refractivity contribution in [1.29, 1.82) is 0 Å². The highest BCUT2D eigenvalue weighted by atomic mass is 16.5. The van der Waals surface area contributed by atoms with Crippen molar-refractivity contribution < 1.29 is 4.74 Å². The Hall–Kier alpha value is -2.77. The molecule has 8 heteroatoms. The molecule has 0 aliphatic carbocycles. The van der Waals surface area contributed by atoms with Gasteiger partial charge in [0.2, 0.25) is 5.88 Å². The molecule has 0 aliphatic rings. The summed E-state index contributed by atoms with van der Waals surface area (Å²) < 4.78 is 5.25. The number of ether oxygens (including phenoxy) is 1. The number of hydrogen-bond donors (Lipinski definition) is 2. The van der Waals surface area contributed by atoms with Crippen LogP contribution in [-0.4, -0.2) is 42.7 Å². The monoisotopic (exact) mass is 243 g/mol. The summed E-state index contributed by atoms with van der Waals surface area (Å²) in [5, 5.41) is 16.8. The van der Waals surface area contributed by atoms with Crippen molar-refractivity contribution in [2.45, 2.75) is 0 Å². The highest BCUT2D eigenvalue weighted by Crippen LogP contribution is 2.27. The van der Waals surface area contributed by atoms with Crippen LogP contribution < -0.4 is 4.74 Å². The molecule has 0 spiro atoms. The summed E-state index contributed by atoms with van der Waals surface area (Å²) in [7, 11) is 1.55. The van der Waals surface area contributed by atoms with Crippen LogP contribution in [0.2, 0.25) is 0 Å². The van der Waals surface area contributed by atoms with E-state index in [-0.39, 0.29) is 0 Å². The number of methoxy groups -OCH3 is 1. The Morgan fingerprint density at radius 1 is 1.33 bits per heavy atom. The van der Waals surface area contributed by atoms with Gasteiger partial charge in [0.15, 0.2) is 5.82 Å². The van der Waals surface area contributed by atoms with Crippen molar-refractivity contribution in [2.24, 2.45) is 0 Å². The first-order chi connectivity index (χ1) is 8.88. The van der Waals surface area contributed by atoms with Crippen LogP contribution in [0.15, 0.2) is 24.7 Å². The van der Waals surface area contributed by atoms with Gasteiger partial charge in [-0.3, -0.25) is 10.2 Å². The van der Waals surface area contributed by atoms with E-state index in [1.54, 1.807) is 25.7 Å². The summed E-state index contributed by atoms with van der Waals surface area (Å²) in [4.78, 5) is 8.51. The lowest BCUT2D eigenvalue weighted by atomic mass is 10.2. The third kappa shape index (κ3) is 1.69. The summed E-state index contributed by atoms with van der Waals surface area (Å²) >= 11 is 0. The van der Waals surface area contributed by atoms with Gasteiger partial charge in [-0.25, -0.2) is 4.98 Å². The molecule has 0 radical (unpaired) electrons. The fourth-order valence-corrected chi connectivity index (χ4v) is 1.55. The fourth-order valence-electron chi connectivity index (χ4n) is 1.55. The number of nitrogens with zero attached hydrogens (tertiary/aromatic N) is 5. The van der Waals surface area contributed by atoms with Crippen molar-refractivity contribution in [1.82, 2.24) is 35.6 Å². The predicted molar refractivity (Wildman–Crippen MR) is 61.5 cm³/mol. The zero-order valence-electron chi connectivity index (χ0n) is 9.45. The van der Waals surface area contributed by atoms with E-state index in [0.29, 0.717) is 17.4 Å². The lowest BCUT2D eigenvalue weighted by Gasteiger charge is -2.05. The van der Waals surface area contributed by atoms with E-state index in [2.05, 4.69) is 35.6 Å². The largest absolute Gasteiger partial charge is 0.480 e. The molecule has 8 nitrogen and oxygen atoms in total. The van der Waals surface area contributed by atoms with Crippen molar-refractivity contribution in [3.63, 3.8) is 0 Å². The van der Waals surface area contributed by atoms with Crippen molar-refractivity contribution in [3.05, 3.63) is 24.7 Å². The molecule has 0 bridgehead atoms. The van der Waals surface area contributed by atoms with Crippen LogP contribution in [0.3, 0.4) is 0 Å². The van der Waals surface area contributed by atoms with Gasteiger partial charge in [0.25, 0.3) is 0 Å². The van der Waals surface area contributed by atoms with E-state index in [9.17, 15) is 0 Å². The first kappa shape index (κ1) is 10.4. The molecule has 0 aliphatic heterocycles. The zero-order chi connectivity index (χ0) is 12.4. The quantitative estimate of drug-likeness (QED) is 0.700. The van der Waals surface area contributed by atoms with Crippen LogP contribution in [0, 0.1) is 0 Å². The lowest BCUT2D eigenvalue weighted by Crippen LogP contribution is -1.97. The van der Waals surface area contributed by atoms with Gasteiger partial charge in [-0.2, -0.15) is 10.1 Å². The summed E-state index contributed by atoms with van der Waals surface area (Å²) in [6, 6.07) is 1.82. The Morgan fingerprint density at radius 3 is 2.94 bits per heavy atom. The second-order valence-corrected chi connectivity index (χ2v) is 3.45. The molecular formula is C10H9N7O. The average Bonchev–Trinajstić information content (AvgIpc) is 3.11. The molecule has 90 valence electrons. The number of aromatic nitrogens is 7. The molecule has 3 heterocycles. The Labute approximate surface area is 101 Å². The number of aromatic amines is 2. The van der Waals surface area contributed by atoms with Gasteiger partial charge < -0.3 is 4.74 Å². The second-order valence-electron chi connectivity index (χ2n) is 3.45. The Morgan fingerprint density at radius 2 is 2.28 bits per heavy atom. The molecule has 0 saturated heterocycles. The minimum atomic E-state index is 0.448. The van der Waals surface area contributed by atoms with E-state index in [1.165, 1.54) is 0 Å². The molecular weight excluding hydrogens is 234 g/mol. The van der Waals surface area contributed by atoms with Crippen LogP contribution in [0.4, 0.5) is 0 Å². The van der Waals surface area contributed by atoms with Gasteiger partial charge in [0.1, 0.15) is 5.69 Å². The van der Waals surface area contributed by atoms with E-state index >= 15 is 0 Å². The molecule has 3 rings (SSSR count). The number of nitrogens with one attached hydrogen (secondary N) is 2. The topological polar surface area (TPSA) is 105 Å². The van der Waals surface area contributed by atoms with Crippen LogP contribution in [-0.2, 0) is 0 Å². The van der Waals surface area contributed by atoms with Gasteiger partial charge in [-0.1, -0.05) is 5.21 Å². The third-order valence-electron chi connectivity index (χ3n) is 2.38. The number of rotatable bonds is 3. The van der Waals surface area contributed by atoms with Gasteiger partial charge in [-0.15, -0.1) is 5.10 Å². The Kier molecular flexibility index (Phi) is 2.45. The minimum Gasteiger partial charge on any atom is -0.480 e. The maximum absolute atomic E-state index is 5.25. The smallest absolute Gasteiger partial charge is 0.226 e. The van der Waals surface area contributed by atoms with Gasteiger partial charge >= 0.3 is 0 Å². The SMILES string of the molecule is COc1nc(-c2c[nH]nn2)ncc1-c1ccn[nH]1. The van der Waals surface area contributed by atoms with Crippen LogP contribution in [0.1, 0.15) is 0 Å². The molecule has 18 heavy (non-hydrogen) atoms. The first-order valence-electron chi connectivity index (χ1n) is 5.16. The van der Waals surface area contributed by atoms with E-state index in [0.717, 1.165) is 11.3 Å². The van der Waals surface area contributed by atoms with Crippen LogP contribution in [0.5, 0.6) is 5.88 Å². The van der Waals surface area contributed by atoms with E-state index < -0.39 is 0 Å². The molecule has 3 aromatic rings. The van der Waals surface area contributed by atoms with Crippen molar-refractivity contribution in [2.75, 3.05) is 7.11 Å². The Bertz CT molecular complexity index is 632. The maximum atomic E-state index is 5.25. The highest BCUT2D eigenvalue weighted by Gasteiger charge is 2.13. The Balaban J connectivity index is 2.08. The molecule has 0 fully saturated rings. The standard InChI is InChI=1S/C10H9N7O/c1-18-10-6(7-2-3-12-15-7)4-11-9(14-10)8-5-13-17-16-8/h2-5H,1H3,(H,12,15)(H,13,16,17). The number of H-pyrrole nitrogens is 2. The zero-order valence-corrected chi connectivity index (χ0v) is 9.45. The fraction of sp³-hybridized carbons (Fsp3) is 0.100. The lowest BCUT2D eigenvalue weighted by molar-refractivity contribution is 0.399. The van der Waals surface area contributed by atoms with Crippen LogP contribution >= 0.6 is 0 Å². The van der Waals surface area contributed by atoms with Crippen molar-refractivity contribution >= 4 is 0 Å². The van der Waals surface area contributed by atoms with Gasteiger partial charge in [0, 0.05) is 12.4 Å². The second kappa shape index (κ2) is 4.24. The van der Waals surface area contributed by atoms with E-state index in [4.69, 9.17) is 4.74 Å². The van der Waals surface area contributed by atoms with Gasteiger partial charge in [0.05, 0.1) is 24.6 Å². The van der Waals surface area contributed by atoms with E-state index in [1.807, 2.05) is 6.07 Å². The molecule has 2 N–H and O–H groups in total. The van der Waals surface area contributed by atoms with Crippen molar-refractivity contribution in [3.8, 4) is 28.7 Å². The van der Waals surface area contributed by atoms with Gasteiger partial charge in [-0.05, 0) is 6.07 Å². The molecule has 0 saturated carbocycles. The minimum absolute atomic E-state index is 0.448. The summed E-state index contributed by atoms with van der Waals surface area (Å²) in [6.45, 7) is 0. The summed E-state index contributed by atoms with van der Waals surface area (Å²) in [6.07, 6.45) is 4.92. The summed E-state index contributed by atoms with van der Waals surface area (Å²) in [5.41, 5.74) is 2.09. The molecule has 0 unspecified atom stereocenters. The normalized spacial score (nSPS) is 10.5. The first-order valence-corrected chi connectivity index (χ1v) is 5.16. The molecule has 3 aromatic heterocycles. The summed E-state index contributed by atoms with van der Waals surface area (Å²) in [5.74, 6) is 0.899. The molecule has 0 aromatic carbocycles. The number of hydrogen-bond acceptors (Lipinski definition) is 6. The molecule has 0 atom stereocenters. The predicted octanol–water partition coefficient (Wildman–Crippen LogP) is 0.660. The average molecular weight is 243 g/mol.